The Kier molecular flexibility index (Phi) is 2.58. The molecule has 0 unspecified atom stereocenters. The highest BCUT2D eigenvalue weighted by atomic mass is 31.2. The number of nitrogens with zero attached hydrogens (tertiary/aromatic N) is 3. The molecule has 0 aliphatic carbocycles. The zero-order chi connectivity index (χ0) is 9.19. The molecule has 0 atom stereocenters. The van der Waals surface area contributed by atoms with Crippen molar-refractivity contribution in [1.82, 2.24) is 15.0 Å². The van der Waals surface area contributed by atoms with Gasteiger partial charge in [0, 0.05) is 0 Å². The van der Waals surface area contributed by atoms with E-state index in [-0.39, 0.29) is 0 Å². The highest BCUT2D eigenvalue weighted by Gasteiger charge is 2.03. The summed E-state index contributed by atoms with van der Waals surface area (Å²) in [5, 5.41) is 6.63. The molecule has 0 saturated heterocycles. The minimum Gasteiger partial charge on any atom is -0.806 e. The minimum atomic E-state index is -4.74. The molecular weight excluding hydrogens is 183 g/mol. The highest BCUT2D eigenvalue weighted by Crippen LogP contribution is 2.19. The number of hydrogen-bond donors (Lipinski definition) is 1. The van der Waals surface area contributed by atoms with E-state index in [0.29, 0.717) is 13.1 Å². The van der Waals surface area contributed by atoms with Gasteiger partial charge < -0.3 is 20.1 Å². The van der Waals surface area contributed by atoms with Gasteiger partial charge in [0.25, 0.3) is 0 Å². The van der Waals surface area contributed by atoms with Gasteiger partial charge in [0.05, 0.1) is 19.3 Å². The Balaban J connectivity index is 2.85. The topological polar surface area (TPSA) is 122 Å². The van der Waals surface area contributed by atoms with Crippen LogP contribution in [0.15, 0.2) is 6.20 Å². The summed E-state index contributed by atoms with van der Waals surface area (Å²) >= 11 is 0. The van der Waals surface area contributed by atoms with Crippen molar-refractivity contribution in [2.45, 2.75) is 6.54 Å². The summed E-state index contributed by atoms with van der Waals surface area (Å²) in [5.74, 6) is 0. The normalized spacial score (nSPS) is 11.9. The standard InChI is InChI=1S/C4H9N4O3P/c5-1-2-8-3-4(6-7-8)12(9,10)11/h3H,1-2,5H2,(H2,9,10,11)/p-1. The lowest BCUT2D eigenvalue weighted by Crippen LogP contribution is -2.52. The van der Waals surface area contributed by atoms with Crippen LogP contribution >= 0.6 is 7.60 Å². The maximum absolute atomic E-state index is 10.4. The molecule has 0 aliphatic heterocycles. The van der Waals surface area contributed by atoms with E-state index in [1.165, 1.54) is 4.68 Å². The molecule has 8 heteroatoms. The van der Waals surface area contributed by atoms with E-state index in [4.69, 9.17) is 0 Å². The SMILES string of the molecule is [NH3+]CCn1cc(P(=O)([O-])[O-])nn1. The Morgan fingerprint density at radius 2 is 2.33 bits per heavy atom. The maximum Gasteiger partial charge on any atom is 0.114 e. The minimum absolute atomic E-state index is 0.451. The summed E-state index contributed by atoms with van der Waals surface area (Å²) in [7, 11) is -4.74. The molecule has 3 N–H and O–H groups in total. The monoisotopic (exact) mass is 191 g/mol. The summed E-state index contributed by atoms with van der Waals surface area (Å²) in [6, 6.07) is 0. The van der Waals surface area contributed by atoms with Crippen LogP contribution in [0, 0.1) is 0 Å². The lowest BCUT2D eigenvalue weighted by molar-refractivity contribution is -0.370. The van der Waals surface area contributed by atoms with E-state index >= 15 is 0 Å². The molecular formula is C4H8N4O3P-. The fraction of sp³-hybridized carbons (Fsp3) is 0.500. The van der Waals surface area contributed by atoms with Crippen LogP contribution in [0.5, 0.6) is 0 Å². The van der Waals surface area contributed by atoms with Crippen LogP contribution in [0.25, 0.3) is 0 Å². The molecule has 0 saturated carbocycles. The first-order valence-corrected chi connectivity index (χ1v) is 4.80. The average Bonchev–Trinajstić information content (AvgIpc) is 2.35. The van der Waals surface area contributed by atoms with E-state index < -0.39 is 13.0 Å². The Morgan fingerprint density at radius 3 is 2.75 bits per heavy atom. The molecule has 0 fully saturated rings. The zero-order valence-electron chi connectivity index (χ0n) is 6.21. The molecule has 0 aliphatic rings. The van der Waals surface area contributed by atoms with Crippen molar-refractivity contribution in [1.29, 1.82) is 0 Å². The average molecular weight is 191 g/mol. The van der Waals surface area contributed by atoms with E-state index in [2.05, 4.69) is 16.0 Å². The molecule has 0 amide bonds. The largest absolute Gasteiger partial charge is 0.806 e. The molecule has 0 aromatic carbocycles. The van der Waals surface area contributed by atoms with E-state index in [1.807, 2.05) is 0 Å². The third-order valence-electron chi connectivity index (χ3n) is 1.19. The van der Waals surface area contributed by atoms with Crippen molar-refractivity contribution in [3.05, 3.63) is 6.20 Å². The zero-order valence-corrected chi connectivity index (χ0v) is 7.11. The van der Waals surface area contributed by atoms with Crippen LogP contribution in [-0.4, -0.2) is 21.5 Å². The smallest absolute Gasteiger partial charge is 0.114 e. The van der Waals surface area contributed by atoms with Gasteiger partial charge >= 0.3 is 0 Å². The van der Waals surface area contributed by atoms with Gasteiger partial charge in [-0.2, -0.15) is 0 Å². The van der Waals surface area contributed by atoms with Crippen molar-refractivity contribution in [3.8, 4) is 0 Å². The van der Waals surface area contributed by atoms with E-state index in [9.17, 15) is 14.4 Å². The third kappa shape index (κ3) is 2.12. The van der Waals surface area contributed by atoms with Crippen LogP contribution in [0.3, 0.4) is 0 Å². The van der Waals surface area contributed by atoms with Crippen LogP contribution < -0.4 is 21.0 Å². The first-order valence-electron chi connectivity index (χ1n) is 3.26. The van der Waals surface area contributed by atoms with E-state index in [1.54, 1.807) is 0 Å². The molecule has 1 aromatic heterocycles. The maximum atomic E-state index is 10.4. The summed E-state index contributed by atoms with van der Waals surface area (Å²) in [6.45, 7) is 1.01. The fourth-order valence-corrected chi connectivity index (χ4v) is 1.11. The van der Waals surface area contributed by atoms with Gasteiger partial charge in [-0.05, 0) is 7.60 Å². The van der Waals surface area contributed by atoms with Gasteiger partial charge in [0.1, 0.15) is 5.44 Å². The predicted molar refractivity (Wildman–Crippen MR) is 35.0 cm³/mol. The Morgan fingerprint density at radius 1 is 1.67 bits per heavy atom. The molecule has 0 bridgehead atoms. The molecule has 0 spiro atoms. The van der Waals surface area contributed by atoms with Crippen LogP contribution in [-0.2, 0) is 11.1 Å². The van der Waals surface area contributed by atoms with Crippen LogP contribution in [0.2, 0.25) is 0 Å². The van der Waals surface area contributed by atoms with E-state index in [0.717, 1.165) is 6.20 Å². The second kappa shape index (κ2) is 3.32. The Bertz CT molecular complexity index is 305. The summed E-state index contributed by atoms with van der Waals surface area (Å²) in [6.07, 6.45) is 1.10. The number of aromatic nitrogens is 3. The summed E-state index contributed by atoms with van der Waals surface area (Å²) in [5.41, 5.74) is 3.02. The highest BCUT2D eigenvalue weighted by molar-refractivity contribution is 7.57. The Hall–Kier alpha value is -0.750. The summed E-state index contributed by atoms with van der Waals surface area (Å²) in [4.78, 5) is 20.8. The van der Waals surface area contributed by atoms with Gasteiger partial charge in [-0.1, -0.05) is 5.21 Å². The second-order valence-electron chi connectivity index (χ2n) is 2.19. The first-order chi connectivity index (χ1) is 5.54. The van der Waals surface area contributed by atoms with Crippen molar-refractivity contribution in [2.24, 2.45) is 0 Å². The fourth-order valence-electron chi connectivity index (χ4n) is 0.685. The number of quaternary nitrogens is 1. The van der Waals surface area contributed by atoms with Crippen molar-refractivity contribution >= 4 is 13.0 Å². The first kappa shape index (κ1) is 9.34. The predicted octanol–water partition coefficient (Wildman–Crippen LogP) is -3.94. The third-order valence-corrected chi connectivity index (χ3v) is 1.96. The lowest BCUT2D eigenvalue weighted by Gasteiger charge is -2.25. The van der Waals surface area contributed by atoms with Gasteiger partial charge in [-0.3, -0.25) is 0 Å². The van der Waals surface area contributed by atoms with Crippen LogP contribution in [0.1, 0.15) is 0 Å². The van der Waals surface area contributed by atoms with Gasteiger partial charge in [-0.25, -0.2) is 4.68 Å². The second-order valence-corrected chi connectivity index (χ2v) is 3.64. The molecule has 1 heterocycles. The Labute approximate surface area is 68.3 Å². The quantitative estimate of drug-likeness (QED) is 0.488. The molecule has 1 rings (SSSR count). The summed E-state index contributed by atoms with van der Waals surface area (Å²) < 4.78 is 11.7. The molecule has 68 valence electrons. The lowest BCUT2D eigenvalue weighted by atomic mass is 10.6. The van der Waals surface area contributed by atoms with Crippen molar-refractivity contribution < 1.29 is 20.1 Å². The molecule has 7 nitrogen and oxygen atoms in total. The molecule has 1 aromatic rings. The van der Waals surface area contributed by atoms with Crippen molar-refractivity contribution in [3.63, 3.8) is 0 Å². The molecule has 0 radical (unpaired) electrons. The van der Waals surface area contributed by atoms with Gasteiger partial charge in [0.15, 0.2) is 0 Å². The van der Waals surface area contributed by atoms with Gasteiger partial charge in [0.2, 0.25) is 0 Å². The molecule has 12 heavy (non-hydrogen) atoms. The number of hydrogen-bond acceptors (Lipinski definition) is 5. The van der Waals surface area contributed by atoms with Gasteiger partial charge in [-0.15, -0.1) is 5.10 Å². The van der Waals surface area contributed by atoms with Crippen molar-refractivity contribution in [2.75, 3.05) is 6.54 Å². The number of rotatable bonds is 3. The van der Waals surface area contributed by atoms with Crippen LogP contribution in [0.4, 0.5) is 0 Å².